The molecule has 0 aliphatic heterocycles. The van der Waals surface area contributed by atoms with Crippen LogP contribution in [0.1, 0.15) is 10.4 Å². The van der Waals surface area contributed by atoms with E-state index in [0.717, 1.165) is 6.42 Å². The molecule has 4 nitrogen and oxygen atoms in total. The number of aromatic nitrogens is 3. The first-order chi connectivity index (χ1) is 6.24. The molecule has 13 heavy (non-hydrogen) atoms. The number of hydrogen-bond acceptors (Lipinski definition) is 4. The molecule has 5 heteroatoms. The second kappa shape index (κ2) is 3.18. The zero-order chi connectivity index (χ0) is 9.26. The molecule has 0 saturated heterocycles. The van der Waals surface area contributed by atoms with Gasteiger partial charge in [-0.1, -0.05) is 0 Å². The third kappa shape index (κ3) is 1.86. The van der Waals surface area contributed by atoms with Crippen molar-refractivity contribution in [3.8, 4) is 0 Å². The van der Waals surface area contributed by atoms with Crippen LogP contribution in [0.5, 0.6) is 0 Å². The zero-order valence-corrected chi connectivity index (χ0v) is 8.08. The van der Waals surface area contributed by atoms with E-state index in [4.69, 9.17) is 5.73 Å². The Labute approximate surface area is 80.0 Å². The Morgan fingerprint density at radius 3 is 2.92 bits per heavy atom. The molecule has 2 N–H and O–H groups in total. The third-order valence-corrected chi connectivity index (χ3v) is 2.53. The lowest BCUT2D eigenvalue weighted by atomic mass is 10.2. The van der Waals surface area contributed by atoms with E-state index in [9.17, 15) is 0 Å². The highest BCUT2D eigenvalue weighted by Crippen LogP contribution is 2.17. The van der Waals surface area contributed by atoms with Crippen molar-refractivity contribution in [1.82, 2.24) is 14.8 Å². The van der Waals surface area contributed by atoms with Gasteiger partial charge >= 0.3 is 0 Å². The molecule has 0 fully saturated rings. The van der Waals surface area contributed by atoms with Crippen molar-refractivity contribution in [1.29, 1.82) is 0 Å². The number of thiazole rings is 1. The fourth-order valence-electron chi connectivity index (χ4n) is 1.17. The monoisotopic (exact) mass is 194 g/mol. The van der Waals surface area contributed by atoms with E-state index in [1.54, 1.807) is 4.68 Å². The topological polar surface area (TPSA) is 56.7 Å². The lowest BCUT2D eigenvalue weighted by Crippen LogP contribution is -1.85. The Morgan fingerprint density at radius 2 is 2.38 bits per heavy atom. The Bertz CT molecular complexity index is 365. The number of nitrogens with zero attached hydrogens (tertiary/aromatic N) is 3. The SMILES string of the molecule is Cn1cc(Cc2cnc(N)s2)cn1. The highest BCUT2D eigenvalue weighted by atomic mass is 32.1. The molecule has 2 aromatic heterocycles. The summed E-state index contributed by atoms with van der Waals surface area (Å²) in [7, 11) is 1.91. The summed E-state index contributed by atoms with van der Waals surface area (Å²) in [6.07, 6.45) is 6.53. The van der Waals surface area contributed by atoms with Crippen LogP contribution in [0.25, 0.3) is 0 Å². The molecule has 0 radical (unpaired) electrons. The van der Waals surface area contributed by atoms with Crippen molar-refractivity contribution < 1.29 is 0 Å². The fraction of sp³-hybridized carbons (Fsp3) is 0.250. The van der Waals surface area contributed by atoms with Gasteiger partial charge in [-0.3, -0.25) is 4.68 Å². The number of nitrogens with two attached hydrogens (primary N) is 1. The lowest BCUT2D eigenvalue weighted by molar-refractivity contribution is 0.767. The van der Waals surface area contributed by atoms with E-state index in [1.165, 1.54) is 21.8 Å². The van der Waals surface area contributed by atoms with Crippen molar-refractivity contribution in [3.63, 3.8) is 0 Å². The van der Waals surface area contributed by atoms with Gasteiger partial charge in [0.1, 0.15) is 0 Å². The van der Waals surface area contributed by atoms with Crippen LogP contribution in [0, 0.1) is 0 Å². The molecule has 0 aliphatic carbocycles. The molecule has 0 unspecified atom stereocenters. The van der Waals surface area contributed by atoms with E-state index in [1.807, 2.05) is 25.6 Å². The van der Waals surface area contributed by atoms with Gasteiger partial charge in [-0.25, -0.2) is 4.98 Å². The van der Waals surface area contributed by atoms with Crippen molar-refractivity contribution in [2.75, 3.05) is 5.73 Å². The molecule has 2 aromatic rings. The van der Waals surface area contributed by atoms with Gasteiger partial charge in [0.25, 0.3) is 0 Å². The standard InChI is InChI=1S/C8H10N4S/c1-12-5-6(3-11-12)2-7-4-10-8(9)13-7/h3-5H,2H2,1H3,(H2,9,10). The van der Waals surface area contributed by atoms with Crippen LogP contribution in [0.3, 0.4) is 0 Å². The molecule has 0 atom stereocenters. The first-order valence-electron chi connectivity index (χ1n) is 3.92. The van der Waals surface area contributed by atoms with Crippen LogP contribution >= 0.6 is 11.3 Å². The summed E-state index contributed by atoms with van der Waals surface area (Å²) in [6.45, 7) is 0. The molecule has 2 rings (SSSR count). The average Bonchev–Trinajstić information content (AvgIpc) is 2.62. The number of anilines is 1. The van der Waals surface area contributed by atoms with Gasteiger partial charge in [0.15, 0.2) is 5.13 Å². The second-order valence-corrected chi connectivity index (χ2v) is 4.01. The third-order valence-electron chi connectivity index (χ3n) is 1.71. The molecule has 0 spiro atoms. The van der Waals surface area contributed by atoms with Crippen molar-refractivity contribution in [2.24, 2.45) is 7.05 Å². The van der Waals surface area contributed by atoms with Crippen LogP contribution < -0.4 is 5.73 Å². The zero-order valence-electron chi connectivity index (χ0n) is 7.27. The fourth-order valence-corrected chi connectivity index (χ4v) is 1.89. The maximum Gasteiger partial charge on any atom is 0.180 e. The first-order valence-corrected chi connectivity index (χ1v) is 4.73. The summed E-state index contributed by atoms with van der Waals surface area (Å²) < 4.78 is 1.79. The predicted molar refractivity (Wildman–Crippen MR) is 52.5 cm³/mol. The molecular weight excluding hydrogens is 184 g/mol. The number of nitrogen functional groups attached to an aromatic ring is 1. The second-order valence-electron chi connectivity index (χ2n) is 2.86. The lowest BCUT2D eigenvalue weighted by Gasteiger charge is -1.89. The Hall–Kier alpha value is -1.36. The van der Waals surface area contributed by atoms with E-state index in [0.29, 0.717) is 5.13 Å². The summed E-state index contributed by atoms with van der Waals surface area (Å²) in [5.74, 6) is 0. The maximum absolute atomic E-state index is 5.52. The number of hydrogen-bond donors (Lipinski definition) is 1. The van der Waals surface area contributed by atoms with Gasteiger partial charge in [0.05, 0.1) is 6.20 Å². The van der Waals surface area contributed by atoms with Crippen LogP contribution in [-0.4, -0.2) is 14.8 Å². The molecule has 0 saturated carbocycles. The van der Waals surface area contributed by atoms with Gasteiger partial charge in [-0.2, -0.15) is 5.10 Å². The van der Waals surface area contributed by atoms with Gasteiger partial charge in [0, 0.05) is 30.7 Å². The van der Waals surface area contributed by atoms with E-state index in [-0.39, 0.29) is 0 Å². The summed E-state index contributed by atoms with van der Waals surface area (Å²) in [5.41, 5.74) is 6.71. The van der Waals surface area contributed by atoms with Crippen molar-refractivity contribution in [2.45, 2.75) is 6.42 Å². The van der Waals surface area contributed by atoms with E-state index >= 15 is 0 Å². The van der Waals surface area contributed by atoms with Gasteiger partial charge in [-0.05, 0) is 5.56 Å². The molecular formula is C8H10N4S. The average molecular weight is 194 g/mol. The smallest absolute Gasteiger partial charge is 0.180 e. The quantitative estimate of drug-likeness (QED) is 0.777. The molecule has 2 heterocycles. The van der Waals surface area contributed by atoms with Crippen molar-refractivity contribution >= 4 is 16.5 Å². The van der Waals surface area contributed by atoms with E-state index in [2.05, 4.69) is 10.1 Å². The van der Waals surface area contributed by atoms with E-state index < -0.39 is 0 Å². The molecule has 0 aromatic carbocycles. The van der Waals surface area contributed by atoms with Gasteiger partial charge < -0.3 is 5.73 Å². The Balaban J connectivity index is 2.14. The van der Waals surface area contributed by atoms with Crippen LogP contribution in [0.2, 0.25) is 0 Å². The van der Waals surface area contributed by atoms with Gasteiger partial charge in [-0.15, -0.1) is 11.3 Å². The Morgan fingerprint density at radius 1 is 1.54 bits per heavy atom. The largest absolute Gasteiger partial charge is 0.375 e. The number of rotatable bonds is 2. The Kier molecular flexibility index (Phi) is 2.02. The maximum atomic E-state index is 5.52. The first kappa shape index (κ1) is 8.25. The normalized spacial score (nSPS) is 10.5. The minimum absolute atomic E-state index is 0.624. The van der Waals surface area contributed by atoms with Crippen LogP contribution in [-0.2, 0) is 13.5 Å². The molecule has 68 valence electrons. The van der Waals surface area contributed by atoms with Crippen LogP contribution in [0.15, 0.2) is 18.6 Å². The number of aryl methyl sites for hydroxylation is 1. The van der Waals surface area contributed by atoms with Crippen LogP contribution in [0.4, 0.5) is 5.13 Å². The summed E-state index contributed by atoms with van der Waals surface area (Å²) >= 11 is 1.52. The molecule has 0 bridgehead atoms. The summed E-state index contributed by atoms with van der Waals surface area (Å²) in [5, 5.41) is 4.71. The van der Waals surface area contributed by atoms with Gasteiger partial charge in [0.2, 0.25) is 0 Å². The van der Waals surface area contributed by atoms with Crippen molar-refractivity contribution in [3.05, 3.63) is 29.0 Å². The minimum atomic E-state index is 0.624. The summed E-state index contributed by atoms with van der Waals surface area (Å²) in [6, 6.07) is 0. The highest BCUT2D eigenvalue weighted by Gasteiger charge is 2.01. The summed E-state index contributed by atoms with van der Waals surface area (Å²) in [4.78, 5) is 5.16. The predicted octanol–water partition coefficient (Wildman–Crippen LogP) is 1.05. The molecule has 0 aliphatic rings. The highest BCUT2D eigenvalue weighted by molar-refractivity contribution is 7.15. The molecule has 0 amide bonds. The minimum Gasteiger partial charge on any atom is -0.375 e.